The van der Waals surface area contributed by atoms with E-state index in [1.54, 1.807) is 0 Å². The Morgan fingerprint density at radius 3 is 2.38 bits per heavy atom. The molecule has 1 heterocycles. The van der Waals surface area contributed by atoms with Crippen molar-refractivity contribution in [3.8, 4) is 0 Å². The molecule has 1 aromatic rings. The average molecular weight is 289 g/mol. The van der Waals surface area contributed by atoms with Crippen LogP contribution in [-0.2, 0) is 4.79 Å². The Hall–Kier alpha value is -1.35. The van der Waals surface area contributed by atoms with E-state index in [0.717, 1.165) is 32.2 Å². The summed E-state index contributed by atoms with van der Waals surface area (Å²) >= 11 is 0. The van der Waals surface area contributed by atoms with Crippen molar-refractivity contribution in [3.05, 3.63) is 34.4 Å². The number of aryl methyl sites for hydroxylation is 3. The monoisotopic (exact) mass is 289 g/mol. The predicted molar refractivity (Wildman–Crippen MR) is 85.7 cm³/mol. The molecule has 1 saturated heterocycles. The number of aliphatic carboxylic acids is 1. The number of likely N-dealkylation sites (tertiary alicyclic amines) is 1. The first-order valence-electron chi connectivity index (χ1n) is 7.98. The summed E-state index contributed by atoms with van der Waals surface area (Å²) in [6, 6.07) is 4.21. The number of hydrogen-bond donors (Lipinski definition) is 1. The summed E-state index contributed by atoms with van der Waals surface area (Å²) in [7, 11) is 0. The van der Waals surface area contributed by atoms with Crippen LogP contribution in [0.15, 0.2) is 12.1 Å². The molecule has 1 aliphatic heterocycles. The summed E-state index contributed by atoms with van der Waals surface area (Å²) in [6.07, 6.45) is 4.02. The van der Waals surface area contributed by atoms with Gasteiger partial charge in [-0.25, -0.2) is 0 Å². The van der Waals surface area contributed by atoms with E-state index in [4.69, 9.17) is 0 Å². The molecule has 1 aliphatic rings. The molecule has 0 aliphatic carbocycles. The molecule has 0 radical (unpaired) electrons. The van der Waals surface area contributed by atoms with Gasteiger partial charge in [0, 0.05) is 6.04 Å². The van der Waals surface area contributed by atoms with Crippen molar-refractivity contribution in [2.75, 3.05) is 6.54 Å². The van der Waals surface area contributed by atoms with E-state index < -0.39 is 5.97 Å². The highest BCUT2D eigenvalue weighted by atomic mass is 16.4. The van der Waals surface area contributed by atoms with Gasteiger partial charge in [-0.2, -0.15) is 0 Å². The smallest absolute Gasteiger partial charge is 0.320 e. The quantitative estimate of drug-likeness (QED) is 0.914. The molecule has 2 rings (SSSR count). The molecule has 0 saturated carbocycles. The fraction of sp³-hybridized carbons (Fsp3) is 0.611. The number of benzene rings is 1. The van der Waals surface area contributed by atoms with Gasteiger partial charge in [0.25, 0.3) is 0 Å². The maximum atomic E-state index is 11.6. The number of carboxylic acid groups (broad SMARTS) is 1. The third-order valence-corrected chi connectivity index (χ3v) is 4.73. The molecule has 1 fully saturated rings. The zero-order chi connectivity index (χ0) is 15.6. The lowest BCUT2D eigenvalue weighted by atomic mass is 9.93. The van der Waals surface area contributed by atoms with Gasteiger partial charge < -0.3 is 5.11 Å². The van der Waals surface area contributed by atoms with E-state index in [-0.39, 0.29) is 12.1 Å². The van der Waals surface area contributed by atoms with E-state index in [0.29, 0.717) is 0 Å². The summed E-state index contributed by atoms with van der Waals surface area (Å²) in [5.41, 5.74) is 5.11. The number of carbonyl (C=O) groups is 1. The first kappa shape index (κ1) is 16.0. The van der Waals surface area contributed by atoms with Crippen molar-refractivity contribution in [1.82, 2.24) is 4.90 Å². The molecule has 2 unspecified atom stereocenters. The first-order valence-corrected chi connectivity index (χ1v) is 7.98. The Kier molecular flexibility index (Phi) is 5.04. The van der Waals surface area contributed by atoms with Crippen LogP contribution in [0.2, 0.25) is 0 Å². The molecule has 1 N–H and O–H groups in total. The van der Waals surface area contributed by atoms with E-state index in [9.17, 15) is 9.90 Å². The number of carboxylic acids is 1. The Morgan fingerprint density at radius 2 is 1.81 bits per heavy atom. The van der Waals surface area contributed by atoms with Gasteiger partial charge in [0.15, 0.2) is 0 Å². The Labute approximate surface area is 128 Å². The molecule has 3 nitrogen and oxygen atoms in total. The summed E-state index contributed by atoms with van der Waals surface area (Å²) < 4.78 is 0. The third-order valence-electron chi connectivity index (χ3n) is 4.73. The first-order chi connectivity index (χ1) is 9.91. The topological polar surface area (TPSA) is 40.5 Å². The highest BCUT2D eigenvalue weighted by molar-refractivity contribution is 5.73. The van der Waals surface area contributed by atoms with Crippen LogP contribution in [0.3, 0.4) is 0 Å². The van der Waals surface area contributed by atoms with Crippen LogP contribution in [0.5, 0.6) is 0 Å². The molecule has 0 aromatic heterocycles. The van der Waals surface area contributed by atoms with Crippen molar-refractivity contribution in [2.45, 2.75) is 65.5 Å². The fourth-order valence-corrected chi connectivity index (χ4v) is 3.88. The van der Waals surface area contributed by atoms with E-state index in [1.807, 2.05) is 0 Å². The molecule has 116 valence electrons. The number of rotatable bonds is 3. The van der Waals surface area contributed by atoms with Crippen molar-refractivity contribution in [2.24, 2.45) is 0 Å². The minimum atomic E-state index is -0.675. The second-order valence-corrected chi connectivity index (χ2v) is 6.43. The summed E-state index contributed by atoms with van der Waals surface area (Å²) in [6.45, 7) is 9.43. The van der Waals surface area contributed by atoms with Crippen molar-refractivity contribution in [1.29, 1.82) is 0 Å². The molecular weight excluding hydrogens is 262 g/mol. The Morgan fingerprint density at radius 1 is 1.19 bits per heavy atom. The van der Waals surface area contributed by atoms with Gasteiger partial charge in [0.1, 0.15) is 6.04 Å². The minimum Gasteiger partial charge on any atom is -0.480 e. The lowest BCUT2D eigenvalue weighted by Crippen LogP contribution is -2.42. The van der Waals surface area contributed by atoms with Gasteiger partial charge in [-0.15, -0.1) is 0 Å². The summed E-state index contributed by atoms with van der Waals surface area (Å²) in [4.78, 5) is 13.8. The van der Waals surface area contributed by atoms with Gasteiger partial charge in [-0.3, -0.25) is 9.69 Å². The van der Waals surface area contributed by atoms with Gasteiger partial charge in [0.05, 0.1) is 0 Å². The van der Waals surface area contributed by atoms with E-state index in [2.05, 4.69) is 44.7 Å². The standard InChI is InChI=1S/C18H27NO2/c1-12-10-13(2)17(14(3)11-12)15(4)19-9-7-5-6-8-16(19)18(20)21/h10-11,15-16H,5-9H2,1-4H3,(H,20,21). The normalized spacial score (nSPS) is 21.8. The molecule has 0 spiro atoms. The van der Waals surface area contributed by atoms with Crippen LogP contribution in [0.4, 0.5) is 0 Å². The second-order valence-electron chi connectivity index (χ2n) is 6.43. The van der Waals surface area contributed by atoms with E-state index in [1.165, 1.54) is 22.3 Å². The zero-order valence-corrected chi connectivity index (χ0v) is 13.6. The molecule has 0 amide bonds. The Bertz CT molecular complexity index is 501. The highest BCUT2D eigenvalue weighted by Crippen LogP contribution is 2.32. The van der Waals surface area contributed by atoms with Gasteiger partial charge in [-0.1, -0.05) is 30.5 Å². The highest BCUT2D eigenvalue weighted by Gasteiger charge is 2.32. The summed E-state index contributed by atoms with van der Waals surface area (Å²) in [5.74, 6) is -0.675. The van der Waals surface area contributed by atoms with Crippen molar-refractivity contribution < 1.29 is 9.90 Å². The van der Waals surface area contributed by atoms with Crippen molar-refractivity contribution >= 4 is 5.97 Å². The largest absolute Gasteiger partial charge is 0.480 e. The van der Waals surface area contributed by atoms with Crippen LogP contribution in [-0.4, -0.2) is 28.6 Å². The maximum Gasteiger partial charge on any atom is 0.320 e. The SMILES string of the molecule is Cc1cc(C)c(C(C)N2CCCCCC2C(=O)O)c(C)c1. The maximum absolute atomic E-state index is 11.6. The predicted octanol–water partition coefficient (Wildman–Crippen LogP) is 4.00. The van der Waals surface area contributed by atoms with Crippen molar-refractivity contribution in [3.63, 3.8) is 0 Å². The number of hydrogen-bond acceptors (Lipinski definition) is 2. The van der Waals surface area contributed by atoms with E-state index >= 15 is 0 Å². The minimum absolute atomic E-state index is 0.157. The molecule has 21 heavy (non-hydrogen) atoms. The van der Waals surface area contributed by atoms with Gasteiger partial charge in [0.2, 0.25) is 0 Å². The molecule has 1 aromatic carbocycles. The van der Waals surface area contributed by atoms with Crippen LogP contribution in [0.25, 0.3) is 0 Å². The summed E-state index contributed by atoms with van der Waals surface area (Å²) in [5, 5.41) is 9.57. The van der Waals surface area contributed by atoms with Gasteiger partial charge >= 0.3 is 5.97 Å². The lowest BCUT2D eigenvalue weighted by molar-refractivity contribution is -0.144. The third kappa shape index (κ3) is 3.46. The Balaban J connectivity index is 2.36. The second kappa shape index (κ2) is 6.61. The molecule has 0 bridgehead atoms. The number of nitrogens with zero attached hydrogens (tertiary/aromatic N) is 1. The zero-order valence-electron chi connectivity index (χ0n) is 13.6. The van der Waals surface area contributed by atoms with Gasteiger partial charge in [-0.05, 0) is 63.8 Å². The van der Waals surface area contributed by atoms with Crippen LogP contribution < -0.4 is 0 Å². The van der Waals surface area contributed by atoms with Crippen LogP contribution in [0.1, 0.15) is 60.9 Å². The molecule has 2 atom stereocenters. The lowest BCUT2D eigenvalue weighted by Gasteiger charge is -2.34. The van der Waals surface area contributed by atoms with Crippen LogP contribution in [0, 0.1) is 20.8 Å². The molecule has 3 heteroatoms. The average Bonchev–Trinajstić information content (AvgIpc) is 2.62. The molecular formula is C18H27NO2. The van der Waals surface area contributed by atoms with Crippen LogP contribution >= 0.6 is 0 Å². The fourth-order valence-electron chi connectivity index (χ4n) is 3.88.